The predicted octanol–water partition coefficient (Wildman–Crippen LogP) is 3.14. The average Bonchev–Trinajstić information content (AvgIpc) is 2.77. The van der Waals surface area contributed by atoms with Crippen LogP contribution in [0.3, 0.4) is 0 Å². The smallest absolute Gasteiger partial charge is 0.338 e. The van der Waals surface area contributed by atoms with Crippen LogP contribution in [0.15, 0.2) is 53.5 Å². The highest BCUT2D eigenvalue weighted by Crippen LogP contribution is 2.08. The van der Waals surface area contributed by atoms with E-state index in [1.165, 1.54) is 0 Å². The molecule has 0 aliphatic carbocycles. The Kier molecular flexibility index (Phi) is 12.3. The van der Waals surface area contributed by atoms with Gasteiger partial charge in [0, 0.05) is 25.7 Å². The van der Waals surface area contributed by atoms with Crippen molar-refractivity contribution in [2.24, 2.45) is 4.99 Å². The lowest BCUT2D eigenvalue weighted by molar-refractivity contribution is 0.0526. The van der Waals surface area contributed by atoms with Gasteiger partial charge in [0.05, 0.1) is 18.7 Å². The van der Waals surface area contributed by atoms with E-state index in [0.717, 1.165) is 30.1 Å². The van der Waals surface area contributed by atoms with Crippen LogP contribution in [-0.4, -0.2) is 44.6 Å². The number of benzene rings is 2. The predicted molar refractivity (Wildman–Crippen MR) is 134 cm³/mol. The summed E-state index contributed by atoms with van der Waals surface area (Å²) < 4.78 is 5.00. The first-order valence-electron chi connectivity index (χ1n) is 10.2. The van der Waals surface area contributed by atoms with E-state index in [0.29, 0.717) is 30.8 Å². The Hall–Kier alpha value is -2.62. The SMILES string of the molecule is CCNC(=NCc1ccc(C(=O)OCC)cc1)NCCc1cccc(C(=O)NC)c1.I. The van der Waals surface area contributed by atoms with E-state index in [2.05, 4.69) is 20.9 Å². The molecule has 3 N–H and O–H groups in total. The highest BCUT2D eigenvalue weighted by Gasteiger charge is 2.06. The van der Waals surface area contributed by atoms with E-state index in [-0.39, 0.29) is 35.9 Å². The van der Waals surface area contributed by atoms with Crippen LogP contribution in [0, 0.1) is 0 Å². The Morgan fingerprint density at radius 3 is 2.35 bits per heavy atom. The zero-order valence-electron chi connectivity index (χ0n) is 18.2. The summed E-state index contributed by atoms with van der Waals surface area (Å²) in [6.07, 6.45) is 0.767. The lowest BCUT2D eigenvalue weighted by Gasteiger charge is -2.12. The molecule has 0 atom stereocenters. The third-order valence-corrected chi connectivity index (χ3v) is 4.35. The molecule has 0 aliphatic heterocycles. The molecule has 0 saturated carbocycles. The van der Waals surface area contributed by atoms with Gasteiger partial charge in [0.15, 0.2) is 5.96 Å². The van der Waals surface area contributed by atoms with Gasteiger partial charge in [-0.3, -0.25) is 4.79 Å². The monoisotopic (exact) mass is 538 g/mol. The number of guanidine groups is 1. The van der Waals surface area contributed by atoms with Crippen molar-refractivity contribution in [1.82, 2.24) is 16.0 Å². The molecule has 7 nitrogen and oxygen atoms in total. The minimum Gasteiger partial charge on any atom is -0.462 e. The summed E-state index contributed by atoms with van der Waals surface area (Å²) in [4.78, 5) is 28.1. The van der Waals surface area contributed by atoms with Gasteiger partial charge < -0.3 is 20.7 Å². The molecule has 8 heteroatoms. The van der Waals surface area contributed by atoms with Crippen LogP contribution >= 0.6 is 24.0 Å². The second-order valence-electron chi connectivity index (χ2n) is 6.57. The molecule has 2 aromatic carbocycles. The molecule has 0 unspecified atom stereocenters. The standard InChI is InChI=1S/C23H30N4O3.HI/c1-4-25-23(26-14-13-17-7-6-8-20(15-17)21(28)24-3)27-16-18-9-11-19(12-10-18)22(29)30-5-2;/h6-12,15H,4-5,13-14,16H2,1-3H3,(H,24,28)(H2,25,26,27);1H. The second-order valence-corrected chi connectivity index (χ2v) is 6.57. The Labute approximate surface area is 201 Å². The van der Waals surface area contributed by atoms with E-state index in [4.69, 9.17) is 4.74 Å². The first kappa shape index (κ1) is 26.4. The summed E-state index contributed by atoms with van der Waals surface area (Å²) in [6.45, 7) is 6.08. The summed E-state index contributed by atoms with van der Waals surface area (Å²) >= 11 is 0. The van der Waals surface area contributed by atoms with Crippen molar-refractivity contribution >= 4 is 41.8 Å². The van der Waals surface area contributed by atoms with Crippen molar-refractivity contribution in [2.45, 2.75) is 26.8 Å². The van der Waals surface area contributed by atoms with Gasteiger partial charge in [0.2, 0.25) is 0 Å². The molecule has 168 valence electrons. The van der Waals surface area contributed by atoms with Crippen LogP contribution in [0.4, 0.5) is 0 Å². The summed E-state index contributed by atoms with van der Waals surface area (Å²) in [5, 5.41) is 9.18. The van der Waals surface area contributed by atoms with E-state index in [9.17, 15) is 9.59 Å². The summed E-state index contributed by atoms with van der Waals surface area (Å²) in [7, 11) is 1.63. The number of aliphatic imine (C=N–C) groups is 1. The molecule has 0 spiro atoms. The van der Waals surface area contributed by atoms with Gasteiger partial charge in [-0.2, -0.15) is 0 Å². The van der Waals surface area contributed by atoms with Crippen molar-refractivity contribution in [3.63, 3.8) is 0 Å². The number of esters is 1. The van der Waals surface area contributed by atoms with Gasteiger partial charge in [-0.1, -0.05) is 24.3 Å². The average molecular weight is 538 g/mol. The number of carbonyl (C=O) groups excluding carboxylic acids is 2. The summed E-state index contributed by atoms with van der Waals surface area (Å²) in [5.41, 5.74) is 3.27. The number of halogens is 1. The fourth-order valence-electron chi connectivity index (χ4n) is 2.81. The Balaban J connectivity index is 0.00000480. The van der Waals surface area contributed by atoms with Crippen molar-refractivity contribution in [1.29, 1.82) is 0 Å². The van der Waals surface area contributed by atoms with Gasteiger partial charge in [-0.05, 0) is 55.7 Å². The maximum atomic E-state index is 11.8. The maximum Gasteiger partial charge on any atom is 0.338 e. The van der Waals surface area contributed by atoms with Crippen molar-refractivity contribution in [3.8, 4) is 0 Å². The van der Waals surface area contributed by atoms with E-state index in [1.807, 2.05) is 37.3 Å². The minimum absolute atomic E-state index is 0. The first-order valence-corrected chi connectivity index (χ1v) is 10.2. The highest BCUT2D eigenvalue weighted by molar-refractivity contribution is 14.0. The van der Waals surface area contributed by atoms with Gasteiger partial charge >= 0.3 is 5.97 Å². The molecule has 0 heterocycles. The van der Waals surface area contributed by atoms with Crippen LogP contribution in [0.25, 0.3) is 0 Å². The Bertz CT molecular complexity index is 869. The third-order valence-electron chi connectivity index (χ3n) is 4.35. The third kappa shape index (κ3) is 8.95. The molecule has 0 radical (unpaired) electrons. The number of nitrogens with zero attached hydrogens (tertiary/aromatic N) is 1. The molecule has 2 rings (SSSR count). The molecular weight excluding hydrogens is 507 g/mol. The molecule has 1 amide bonds. The number of ether oxygens (including phenoxy) is 1. The first-order chi connectivity index (χ1) is 14.6. The van der Waals surface area contributed by atoms with Crippen LogP contribution in [0.2, 0.25) is 0 Å². The number of amides is 1. The molecule has 0 aromatic heterocycles. The summed E-state index contributed by atoms with van der Waals surface area (Å²) in [5.74, 6) is 0.311. The maximum absolute atomic E-state index is 11.8. The van der Waals surface area contributed by atoms with Crippen molar-refractivity contribution < 1.29 is 14.3 Å². The zero-order valence-corrected chi connectivity index (χ0v) is 20.6. The quantitative estimate of drug-likeness (QED) is 0.198. The number of rotatable bonds is 9. The molecule has 0 aliphatic rings. The number of hydrogen-bond donors (Lipinski definition) is 3. The fraction of sp³-hybridized carbons (Fsp3) is 0.348. The van der Waals surface area contributed by atoms with Gasteiger partial charge in [-0.25, -0.2) is 9.79 Å². The summed E-state index contributed by atoms with van der Waals surface area (Å²) in [6, 6.07) is 14.9. The minimum atomic E-state index is -0.317. The van der Waals surface area contributed by atoms with E-state index in [1.54, 1.807) is 32.2 Å². The van der Waals surface area contributed by atoms with Crippen LogP contribution in [-0.2, 0) is 17.7 Å². The van der Waals surface area contributed by atoms with Gasteiger partial charge in [0.1, 0.15) is 0 Å². The van der Waals surface area contributed by atoms with Gasteiger partial charge in [-0.15, -0.1) is 24.0 Å². The molecule has 31 heavy (non-hydrogen) atoms. The number of hydrogen-bond acceptors (Lipinski definition) is 4. The largest absolute Gasteiger partial charge is 0.462 e. The zero-order chi connectivity index (χ0) is 21.8. The topological polar surface area (TPSA) is 91.8 Å². The molecule has 2 aromatic rings. The Morgan fingerprint density at radius 2 is 1.71 bits per heavy atom. The normalized spacial score (nSPS) is 10.6. The van der Waals surface area contributed by atoms with Crippen LogP contribution in [0.1, 0.15) is 45.7 Å². The van der Waals surface area contributed by atoms with Crippen LogP contribution < -0.4 is 16.0 Å². The van der Waals surface area contributed by atoms with E-state index >= 15 is 0 Å². The van der Waals surface area contributed by atoms with Crippen molar-refractivity contribution in [2.75, 3.05) is 26.7 Å². The highest BCUT2D eigenvalue weighted by atomic mass is 127. The number of carbonyl (C=O) groups is 2. The Morgan fingerprint density at radius 1 is 0.968 bits per heavy atom. The molecule has 0 bridgehead atoms. The van der Waals surface area contributed by atoms with Crippen molar-refractivity contribution in [3.05, 3.63) is 70.8 Å². The lowest BCUT2D eigenvalue weighted by atomic mass is 10.1. The van der Waals surface area contributed by atoms with Gasteiger partial charge in [0.25, 0.3) is 5.91 Å². The fourth-order valence-corrected chi connectivity index (χ4v) is 2.81. The molecule has 0 fully saturated rings. The number of nitrogens with one attached hydrogen (secondary N) is 3. The van der Waals surface area contributed by atoms with E-state index < -0.39 is 0 Å². The lowest BCUT2D eigenvalue weighted by Crippen LogP contribution is -2.38. The van der Waals surface area contributed by atoms with Crippen LogP contribution in [0.5, 0.6) is 0 Å². The molecule has 0 saturated heterocycles. The molecular formula is C23H31IN4O3. The second kappa shape index (κ2) is 14.4.